The predicted octanol–water partition coefficient (Wildman–Crippen LogP) is 2.18. The van der Waals surface area contributed by atoms with E-state index in [1.165, 1.54) is 0 Å². The molecule has 2 fully saturated rings. The lowest BCUT2D eigenvalue weighted by atomic mass is 9.97. The summed E-state index contributed by atoms with van der Waals surface area (Å²) in [6.07, 6.45) is 1.49. The van der Waals surface area contributed by atoms with Crippen molar-refractivity contribution in [3.05, 3.63) is 24.3 Å². The monoisotopic (exact) mass is 403 g/mol. The molecule has 8 heteroatoms. The molecule has 1 aromatic rings. The van der Waals surface area contributed by atoms with E-state index < -0.39 is 0 Å². The van der Waals surface area contributed by atoms with E-state index in [-0.39, 0.29) is 36.3 Å². The summed E-state index contributed by atoms with van der Waals surface area (Å²) < 4.78 is 10.5. The van der Waals surface area contributed by atoms with Crippen LogP contribution in [0.25, 0.3) is 0 Å². The number of carbonyl (C=O) groups is 3. The molecule has 1 aromatic carbocycles. The Morgan fingerprint density at radius 3 is 2.41 bits per heavy atom. The van der Waals surface area contributed by atoms with E-state index in [9.17, 15) is 14.4 Å². The van der Waals surface area contributed by atoms with E-state index >= 15 is 0 Å². The molecule has 1 atom stereocenters. The van der Waals surface area contributed by atoms with Crippen molar-refractivity contribution in [3.8, 4) is 5.75 Å². The summed E-state index contributed by atoms with van der Waals surface area (Å²) in [5, 5.41) is 2.96. The van der Waals surface area contributed by atoms with Gasteiger partial charge < -0.3 is 24.6 Å². The number of nitrogens with zero attached hydrogens (tertiary/aromatic N) is 2. The van der Waals surface area contributed by atoms with Gasteiger partial charge in [0.15, 0.2) is 0 Å². The van der Waals surface area contributed by atoms with Gasteiger partial charge in [0.1, 0.15) is 5.75 Å². The second kappa shape index (κ2) is 9.62. The van der Waals surface area contributed by atoms with E-state index in [4.69, 9.17) is 9.47 Å². The number of esters is 1. The fraction of sp³-hybridized carbons (Fsp3) is 0.571. The minimum atomic E-state index is -0.232. The molecule has 0 aliphatic carbocycles. The molecule has 0 spiro atoms. The highest BCUT2D eigenvalue weighted by molar-refractivity contribution is 5.96. The van der Waals surface area contributed by atoms with Crippen LogP contribution in [-0.4, -0.2) is 61.7 Å². The molecule has 0 radical (unpaired) electrons. The number of piperidine rings is 1. The zero-order chi connectivity index (χ0) is 20.8. The Labute approximate surface area is 171 Å². The predicted molar refractivity (Wildman–Crippen MR) is 108 cm³/mol. The van der Waals surface area contributed by atoms with E-state index in [1.54, 1.807) is 16.7 Å². The Bertz CT molecular complexity index is 728. The lowest BCUT2D eigenvalue weighted by molar-refractivity contribution is -0.149. The van der Waals surface area contributed by atoms with Crippen molar-refractivity contribution < 1.29 is 23.9 Å². The molecule has 29 heavy (non-hydrogen) atoms. The maximum Gasteiger partial charge on any atom is 0.317 e. The molecule has 158 valence electrons. The first kappa shape index (κ1) is 21.0. The van der Waals surface area contributed by atoms with Gasteiger partial charge in [0.25, 0.3) is 0 Å². The lowest BCUT2D eigenvalue weighted by Gasteiger charge is -2.31. The molecule has 8 nitrogen and oxygen atoms in total. The van der Waals surface area contributed by atoms with Crippen LogP contribution in [0.3, 0.4) is 0 Å². The minimum absolute atomic E-state index is 0.0134. The molecule has 1 N–H and O–H groups in total. The van der Waals surface area contributed by atoms with Gasteiger partial charge in [0.05, 0.1) is 25.2 Å². The van der Waals surface area contributed by atoms with Crippen LogP contribution in [0.15, 0.2) is 24.3 Å². The Morgan fingerprint density at radius 2 is 1.79 bits per heavy atom. The summed E-state index contributed by atoms with van der Waals surface area (Å²) in [7, 11) is 0. The number of nitrogens with one attached hydrogen (secondary N) is 1. The van der Waals surface area contributed by atoms with Crippen molar-refractivity contribution >= 4 is 23.6 Å². The van der Waals surface area contributed by atoms with Crippen molar-refractivity contribution in [2.24, 2.45) is 5.92 Å². The van der Waals surface area contributed by atoms with Gasteiger partial charge in [-0.25, -0.2) is 4.79 Å². The summed E-state index contributed by atoms with van der Waals surface area (Å²) in [5.74, 6) is 0.432. The average molecular weight is 403 g/mol. The molecule has 2 saturated heterocycles. The Kier molecular flexibility index (Phi) is 6.95. The summed E-state index contributed by atoms with van der Waals surface area (Å²) in [4.78, 5) is 40.2. The lowest BCUT2D eigenvalue weighted by Crippen LogP contribution is -2.49. The third kappa shape index (κ3) is 5.19. The molecule has 0 aromatic heterocycles. The second-order valence-electron chi connectivity index (χ2n) is 7.30. The van der Waals surface area contributed by atoms with E-state index in [0.29, 0.717) is 45.7 Å². The number of hydrogen-bond donors (Lipinski definition) is 1. The van der Waals surface area contributed by atoms with Gasteiger partial charge in [-0.05, 0) is 51.0 Å². The molecule has 2 aliphatic heterocycles. The quantitative estimate of drug-likeness (QED) is 0.736. The Morgan fingerprint density at radius 1 is 1.10 bits per heavy atom. The molecule has 3 rings (SSSR count). The zero-order valence-electron chi connectivity index (χ0n) is 17.1. The van der Waals surface area contributed by atoms with Gasteiger partial charge >= 0.3 is 12.0 Å². The Balaban J connectivity index is 1.49. The van der Waals surface area contributed by atoms with Crippen molar-refractivity contribution in [3.63, 3.8) is 0 Å². The SMILES string of the molecule is CCOC(=O)C1CCN(C(=O)N[C@H]2CC(=O)N(c3ccc(OCC)cc3)C2)CC1. The Hall–Kier alpha value is -2.77. The van der Waals surface area contributed by atoms with Crippen LogP contribution in [0.1, 0.15) is 33.1 Å². The highest BCUT2D eigenvalue weighted by atomic mass is 16.5. The van der Waals surface area contributed by atoms with Crippen LogP contribution in [0, 0.1) is 5.92 Å². The van der Waals surface area contributed by atoms with E-state index in [1.807, 2.05) is 31.2 Å². The molecule has 2 aliphatic rings. The number of anilines is 1. The van der Waals surface area contributed by atoms with Crippen LogP contribution in [0.5, 0.6) is 5.75 Å². The number of benzene rings is 1. The van der Waals surface area contributed by atoms with Gasteiger partial charge in [0, 0.05) is 31.7 Å². The third-order valence-electron chi connectivity index (χ3n) is 5.31. The van der Waals surface area contributed by atoms with Crippen molar-refractivity contribution in [1.82, 2.24) is 10.2 Å². The average Bonchev–Trinajstić information content (AvgIpc) is 3.09. The second-order valence-corrected chi connectivity index (χ2v) is 7.30. The molecule has 3 amide bonds. The summed E-state index contributed by atoms with van der Waals surface area (Å²) in [6, 6.07) is 6.97. The van der Waals surface area contributed by atoms with Gasteiger partial charge in [-0.15, -0.1) is 0 Å². The van der Waals surface area contributed by atoms with E-state index in [2.05, 4.69) is 5.32 Å². The standard InChI is InChI=1S/C21H29N3O5/c1-3-28-18-7-5-17(6-8-18)24-14-16(13-19(24)25)22-21(27)23-11-9-15(10-12-23)20(26)29-4-2/h5-8,15-16H,3-4,9-14H2,1-2H3,(H,22,27)/t16-/m0/s1. The van der Waals surface area contributed by atoms with Crippen molar-refractivity contribution in [2.45, 2.75) is 39.2 Å². The van der Waals surface area contributed by atoms with Crippen LogP contribution in [0.2, 0.25) is 0 Å². The first-order valence-corrected chi connectivity index (χ1v) is 10.3. The molecule has 2 heterocycles. The fourth-order valence-electron chi connectivity index (χ4n) is 3.79. The summed E-state index contributed by atoms with van der Waals surface area (Å²) >= 11 is 0. The number of amides is 3. The topological polar surface area (TPSA) is 88.2 Å². The fourth-order valence-corrected chi connectivity index (χ4v) is 3.79. The maximum atomic E-state index is 12.6. The number of hydrogen-bond acceptors (Lipinski definition) is 5. The highest BCUT2D eigenvalue weighted by Crippen LogP contribution is 2.25. The highest BCUT2D eigenvalue weighted by Gasteiger charge is 2.34. The van der Waals surface area contributed by atoms with E-state index in [0.717, 1.165) is 11.4 Å². The smallest absolute Gasteiger partial charge is 0.317 e. The molecular formula is C21H29N3O5. The van der Waals surface area contributed by atoms with Crippen LogP contribution < -0.4 is 15.0 Å². The summed E-state index contributed by atoms with van der Waals surface area (Å²) in [5.41, 5.74) is 0.797. The van der Waals surface area contributed by atoms with Crippen LogP contribution in [-0.2, 0) is 14.3 Å². The largest absolute Gasteiger partial charge is 0.494 e. The third-order valence-corrected chi connectivity index (χ3v) is 5.31. The van der Waals surface area contributed by atoms with Crippen molar-refractivity contribution in [2.75, 3.05) is 37.7 Å². The molecule has 0 unspecified atom stereocenters. The number of urea groups is 1. The minimum Gasteiger partial charge on any atom is -0.494 e. The first-order chi connectivity index (χ1) is 14.0. The number of carbonyl (C=O) groups excluding carboxylic acids is 3. The first-order valence-electron chi connectivity index (χ1n) is 10.3. The van der Waals surface area contributed by atoms with Crippen molar-refractivity contribution in [1.29, 1.82) is 0 Å². The number of rotatable bonds is 6. The van der Waals surface area contributed by atoms with Gasteiger partial charge in [-0.2, -0.15) is 0 Å². The zero-order valence-corrected chi connectivity index (χ0v) is 17.1. The number of likely N-dealkylation sites (tertiary alicyclic amines) is 1. The van der Waals surface area contributed by atoms with Crippen LogP contribution in [0.4, 0.5) is 10.5 Å². The van der Waals surface area contributed by atoms with Gasteiger partial charge in [-0.1, -0.05) is 0 Å². The van der Waals surface area contributed by atoms with Gasteiger partial charge in [-0.3, -0.25) is 9.59 Å². The summed E-state index contributed by atoms with van der Waals surface area (Å²) in [6.45, 7) is 6.15. The normalized spacial score (nSPS) is 19.9. The maximum absolute atomic E-state index is 12.6. The number of ether oxygens (including phenoxy) is 2. The molecular weight excluding hydrogens is 374 g/mol. The van der Waals surface area contributed by atoms with Gasteiger partial charge in [0.2, 0.25) is 5.91 Å². The molecule has 0 saturated carbocycles. The van der Waals surface area contributed by atoms with Crippen LogP contribution >= 0.6 is 0 Å². The molecule has 0 bridgehead atoms.